The van der Waals surface area contributed by atoms with E-state index in [9.17, 15) is 13.2 Å². The van der Waals surface area contributed by atoms with Crippen LogP contribution in [0, 0.1) is 0 Å². The fourth-order valence-corrected chi connectivity index (χ4v) is 2.82. The monoisotopic (exact) mass is 237 g/mol. The smallest absolute Gasteiger partial charge is 0.267 e. The molecule has 1 heterocycles. The highest BCUT2D eigenvalue weighted by molar-refractivity contribution is 7.95. The highest BCUT2D eigenvalue weighted by Gasteiger charge is 2.41. The van der Waals surface area contributed by atoms with Crippen molar-refractivity contribution in [1.29, 1.82) is 0 Å². The van der Waals surface area contributed by atoms with Crippen LogP contribution in [0.3, 0.4) is 0 Å². The number of nitrogens with zero attached hydrogens (tertiary/aromatic N) is 1. The molecule has 1 aromatic rings. The number of allylic oxidation sites excluding steroid dienone is 1. The number of benzene rings is 1. The van der Waals surface area contributed by atoms with Crippen molar-refractivity contribution >= 4 is 15.9 Å². The second-order valence-corrected chi connectivity index (χ2v) is 5.35. The Kier molecular flexibility index (Phi) is 2.55. The van der Waals surface area contributed by atoms with Crippen molar-refractivity contribution in [2.24, 2.45) is 0 Å². The maximum Gasteiger partial charge on any atom is 0.267 e. The molecule has 5 heteroatoms. The summed E-state index contributed by atoms with van der Waals surface area (Å²) in [7, 11) is -3.52. The van der Waals surface area contributed by atoms with Crippen LogP contribution in [0.2, 0.25) is 0 Å². The third-order valence-corrected chi connectivity index (χ3v) is 4.39. The maximum atomic E-state index is 11.8. The number of carbonyl (C=O) groups excluding carboxylic acids is 1. The van der Waals surface area contributed by atoms with Gasteiger partial charge in [-0.3, -0.25) is 4.79 Å². The lowest BCUT2D eigenvalue weighted by atomic mass is 10.2. The van der Waals surface area contributed by atoms with E-state index in [1.165, 1.54) is 6.08 Å². The fraction of sp³-hybridized carbons (Fsp3) is 0.182. The predicted molar refractivity (Wildman–Crippen MR) is 60.2 cm³/mol. The van der Waals surface area contributed by atoms with Crippen molar-refractivity contribution in [3.63, 3.8) is 0 Å². The molecule has 2 rings (SSSR count). The summed E-state index contributed by atoms with van der Waals surface area (Å²) in [5, 5.41) is 0. The van der Waals surface area contributed by atoms with Crippen LogP contribution < -0.4 is 0 Å². The van der Waals surface area contributed by atoms with E-state index in [1.54, 1.807) is 37.3 Å². The molecule has 0 unspecified atom stereocenters. The molecule has 1 aliphatic heterocycles. The zero-order chi connectivity index (χ0) is 11.8. The molecule has 0 saturated carbocycles. The van der Waals surface area contributed by atoms with Gasteiger partial charge in [-0.05, 0) is 19.1 Å². The lowest BCUT2D eigenvalue weighted by Gasteiger charge is -2.32. The number of amides is 1. The number of carbonyl (C=O) groups is 1. The van der Waals surface area contributed by atoms with Crippen LogP contribution in [0.5, 0.6) is 0 Å². The molecule has 4 nitrogen and oxygen atoms in total. The van der Waals surface area contributed by atoms with Crippen LogP contribution in [0.25, 0.3) is 0 Å². The molecule has 0 radical (unpaired) electrons. The molecule has 16 heavy (non-hydrogen) atoms. The van der Waals surface area contributed by atoms with Gasteiger partial charge in [-0.15, -0.1) is 0 Å². The van der Waals surface area contributed by atoms with Gasteiger partial charge in [0, 0.05) is 5.56 Å². The highest BCUT2D eigenvalue weighted by Crippen LogP contribution is 2.27. The van der Waals surface area contributed by atoms with E-state index in [0.29, 0.717) is 10.5 Å². The van der Waals surface area contributed by atoms with Crippen molar-refractivity contribution in [1.82, 2.24) is 4.31 Å². The molecular formula is C11H11NO3S. The first kappa shape index (κ1) is 10.9. The van der Waals surface area contributed by atoms with Gasteiger partial charge in [-0.1, -0.05) is 24.3 Å². The Morgan fingerprint density at radius 3 is 2.44 bits per heavy atom. The van der Waals surface area contributed by atoms with Crippen LogP contribution in [-0.2, 0) is 10.0 Å². The largest absolute Gasteiger partial charge is 0.268 e. The zero-order valence-corrected chi connectivity index (χ0v) is 9.57. The Bertz CT molecular complexity index is 546. The topological polar surface area (TPSA) is 54.5 Å². The first-order valence-electron chi connectivity index (χ1n) is 4.84. The molecule has 1 aliphatic rings. The van der Waals surface area contributed by atoms with Crippen molar-refractivity contribution in [3.8, 4) is 0 Å². The predicted octanol–water partition coefficient (Wildman–Crippen LogP) is 1.38. The molecule has 0 bridgehead atoms. The standard InChI is InChI=1S/C11H11NO3S/c1-2-10-8-12(16(10,14)15)11(13)9-6-4-3-5-7-9/h2-7H,8H2,1H3/b10-2-. The summed E-state index contributed by atoms with van der Waals surface area (Å²) >= 11 is 0. The summed E-state index contributed by atoms with van der Waals surface area (Å²) in [5.74, 6) is -0.466. The molecule has 1 saturated heterocycles. The lowest BCUT2D eigenvalue weighted by molar-refractivity contribution is 0.0859. The summed E-state index contributed by atoms with van der Waals surface area (Å²) in [6.07, 6.45) is 1.52. The van der Waals surface area contributed by atoms with Gasteiger partial charge in [-0.2, -0.15) is 0 Å². The third-order valence-electron chi connectivity index (χ3n) is 2.49. The van der Waals surface area contributed by atoms with Crippen molar-refractivity contribution in [2.45, 2.75) is 6.92 Å². The number of hydrogen-bond acceptors (Lipinski definition) is 3. The van der Waals surface area contributed by atoms with Crippen LogP contribution >= 0.6 is 0 Å². The quantitative estimate of drug-likeness (QED) is 0.741. The molecule has 0 N–H and O–H groups in total. The van der Waals surface area contributed by atoms with Gasteiger partial charge in [0.15, 0.2) is 0 Å². The van der Waals surface area contributed by atoms with E-state index < -0.39 is 15.9 Å². The van der Waals surface area contributed by atoms with Crippen molar-refractivity contribution in [2.75, 3.05) is 6.54 Å². The maximum absolute atomic E-state index is 11.8. The average molecular weight is 237 g/mol. The molecule has 84 valence electrons. The summed E-state index contributed by atoms with van der Waals surface area (Å²) in [6, 6.07) is 8.39. The Labute approximate surface area is 94.2 Å². The second kappa shape index (κ2) is 3.75. The molecule has 1 amide bonds. The third kappa shape index (κ3) is 1.53. The molecule has 0 atom stereocenters. The van der Waals surface area contributed by atoms with Gasteiger partial charge in [0.05, 0.1) is 11.4 Å². The normalized spacial score (nSPS) is 20.6. The summed E-state index contributed by atoms with van der Waals surface area (Å²) in [6.45, 7) is 1.82. The second-order valence-electron chi connectivity index (χ2n) is 3.44. The minimum absolute atomic E-state index is 0.173. The van der Waals surface area contributed by atoms with E-state index >= 15 is 0 Å². The molecule has 0 spiro atoms. The molecular weight excluding hydrogens is 226 g/mol. The lowest BCUT2D eigenvalue weighted by Crippen LogP contribution is -2.49. The van der Waals surface area contributed by atoms with Crippen molar-refractivity contribution in [3.05, 3.63) is 46.9 Å². The number of rotatable bonds is 1. The number of sulfonamides is 1. The van der Waals surface area contributed by atoms with Crippen LogP contribution in [0.1, 0.15) is 17.3 Å². The van der Waals surface area contributed by atoms with Gasteiger partial charge < -0.3 is 0 Å². The number of hydrogen-bond donors (Lipinski definition) is 0. The van der Waals surface area contributed by atoms with E-state index in [4.69, 9.17) is 0 Å². The summed E-state index contributed by atoms with van der Waals surface area (Å²) in [4.78, 5) is 12.1. The summed E-state index contributed by atoms with van der Waals surface area (Å²) in [5.41, 5.74) is 0.390. The van der Waals surface area contributed by atoms with E-state index in [2.05, 4.69) is 0 Å². The minimum Gasteiger partial charge on any atom is -0.268 e. The van der Waals surface area contributed by atoms with Crippen LogP contribution in [-0.4, -0.2) is 25.2 Å². The van der Waals surface area contributed by atoms with Gasteiger partial charge in [0.2, 0.25) is 0 Å². The van der Waals surface area contributed by atoms with E-state index in [-0.39, 0.29) is 6.54 Å². The fourth-order valence-electron chi connectivity index (χ4n) is 1.53. The van der Waals surface area contributed by atoms with Crippen LogP contribution in [0.15, 0.2) is 41.3 Å². The first-order valence-corrected chi connectivity index (χ1v) is 6.28. The Morgan fingerprint density at radius 2 is 1.94 bits per heavy atom. The Hall–Kier alpha value is -1.62. The SMILES string of the molecule is C/C=C1/CN(C(=O)c2ccccc2)S1(=O)=O. The molecule has 0 aliphatic carbocycles. The van der Waals surface area contributed by atoms with Gasteiger partial charge in [0.25, 0.3) is 15.9 Å². The molecule has 1 aromatic carbocycles. The molecule has 1 fully saturated rings. The zero-order valence-electron chi connectivity index (χ0n) is 8.75. The molecule has 0 aromatic heterocycles. The van der Waals surface area contributed by atoms with Crippen molar-refractivity contribution < 1.29 is 13.2 Å². The highest BCUT2D eigenvalue weighted by atomic mass is 32.2. The van der Waals surface area contributed by atoms with Gasteiger partial charge in [0.1, 0.15) is 0 Å². The first-order chi connectivity index (χ1) is 7.57. The van der Waals surface area contributed by atoms with Crippen LogP contribution in [0.4, 0.5) is 0 Å². The summed E-state index contributed by atoms with van der Waals surface area (Å²) < 4.78 is 24.2. The average Bonchev–Trinajstić information content (AvgIpc) is 2.29. The van der Waals surface area contributed by atoms with E-state index in [0.717, 1.165) is 4.31 Å². The Balaban J connectivity index is 2.28. The van der Waals surface area contributed by atoms with Gasteiger partial charge >= 0.3 is 0 Å². The Morgan fingerprint density at radius 1 is 1.31 bits per heavy atom. The minimum atomic E-state index is -3.52. The van der Waals surface area contributed by atoms with Gasteiger partial charge in [-0.25, -0.2) is 12.7 Å². The van der Waals surface area contributed by atoms with E-state index in [1.807, 2.05) is 0 Å².